The Balaban J connectivity index is 1.71. The van der Waals surface area contributed by atoms with E-state index in [0.717, 1.165) is 44.6 Å². The number of amides is 1. The Morgan fingerprint density at radius 1 is 1.27 bits per heavy atom. The van der Waals surface area contributed by atoms with Crippen LogP contribution in [-0.4, -0.2) is 82.2 Å². The van der Waals surface area contributed by atoms with Crippen molar-refractivity contribution in [1.82, 2.24) is 19.3 Å². The molecule has 1 aromatic heterocycles. The molecule has 2 aliphatic heterocycles. The number of piperazine rings is 1. The largest absolute Gasteiger partial charge is 0.395 e. The number of likely N-dealkylation sites (tertiary alicyclic amines) is 1. The van der Waals surface area contributed by atoms with E-state index < -0.39 is 0 Å². The summed E-state index contributed by atoms with van der Waals surface area (Å²) in [5.74, 6) is 0.156. The van der Waals surface area contributed by atoms with Crippen LogP contribution in [0.5, 0.6) is 0 Å². The van der Waals surface area contributed by atoms with Crippen LogP contribution in [-0.2, 0) is 18.4 Å². The van der Waals surface area contributed by atoms with Crippen molar-refractivity contribution < 1.29 is 9.90 Å². The molecule has 3 rings (SSSR count). The van der Waals surface area contributed by atoms with Crippen LogP contribution < -0.4 is 0 Å². The Morgan fingerprint density at radius 2 is 2.08 bits per heavy atom. The van der Waals surface area contributed by atoms with Crippen molar-refractivity contribution in [1.29, 1.82) is 5.26 Å². The maximum absolute atomic E-state index is 12.3. The molecule has 142 valence electrons. The number of carbonyl (C=O) groups is 1. The van der Waals surface area contributed by atoms with E-state index >= 15 is 0 Å². The molecule has 3 heterocycles. The molecule has 0 unspecified atom stereocenters. The zero-order chi connectivity index (χ0) is 18.7. The molecule has 1 amide bonds. The molecule has 2 aliphatic rings. The first-order chi connectivity index (χ1) is 12.5. The van der Waals surface area contributed by atoms with Gasteiger partial charge in [0.2, 0.25) is 5.91 Å². The Bertz CT molecular complexity index is 695. The highest BCUT2D eigenvalue weighted by molar-refractivity contribution is 5.76. The van der Waals surface area contributed by atoms with Gasteiger partial charge in [-0.05, 0) is 31.5 Å². The number of hydrogen-bond donors (Lipinski definition) is 1. The van der Waals surface area contributed by atoms with Crippen LogP contribution in [0.15, 0.2) is 12.3 Å². The number of β-amino-alcohol motifs (C(OH)–C–C–N with tert-alkyl or cyclic N) is 1. The molecule has 0 saturated carbocycles. The lowest BCUT2D eigenvalue weighted by Gasteiger charge is -2.49. The lowest BCUT2D eigenvalue weighted by atomic mass is 9.86. The molecule has 1 atom stereocenters. The first kappa shape index (κ1) is 18.9. The molecule has 2 fully saturated rings. The summed E-state index contributed by atoms with van der Waals surface area (Å²) in [6, 6.07) is 4.18. The maximum atomic E-state index is 12.3. The third-order valence-corrected chi connectivity index (χ3v) is 6.04. The normalized spacial score (nSPS) is 25.5. The standard InChI is InChI=1S/C19H29N5O2/c1-21-13-16(11-17(21)12-20)14-23-8-7-22(2)19(15-23)4-3-18(26)24(6-5-19)9-10-25/h11,13,25H,3-10,14-15H2,1-2H3/t19-/m0/s1. The van der Waals surface area contributed by atoms with Crippen LogP contribution in [0.1, 0.15) is 30.5 Å². The second-order valence-corrected chi connectivity index (χ2v) is 7.67. The second kappa shape index (κ2) is 7.78. The molecule has 0 radical (unpaired) electrons. The number of nitriles is 1. The fourth-order valence-electron chi connectivity index (χ4n) is 4.36. The highest BCUT2D eigenvalue weighted by Crippen LogP contribution is 2.32. The fourth-order valence-corrected chi connectivity index (χ4v) is 4.36. The number of rotatable bonds is 4. The summed E-state index contributed by atoms with van der Waals surface area (Å²) in [7, 11) is 4.07. The SMILES string of the molecule is CN1CCN(Cc2cc(C#N)n(C)c2)C[C@@]12CCC(=O)N(CCO)CC2. The third kappa shape index (κ3) is 3.78. The van der Waals surface area contributed by atoms with Gasteiger partial charge in [0.1, 0.15) is 11.8 Å². The number of aromatic nitrogens is 1. The smallest absolute Gasteiger partial charge is 0.222 e. The second-order valence-electron chi connectivity index (χ2n) is 7.67. The quantitative estimate of drug-likeness (QED) is 0.842. The maximum Gasteiger partial charge on any atom is 0.222 e. The molecule has 0 aromatic carbocycles. The van der Waals surface area contributed by atoms with Gasteiger partial charge in [-0.25, -0.2) is 0 Å². The van der Waals surface area contributed by atoms with Crippen molar-refractivity contribution in [3.63, 3.8) is 0 Å². The topological polar surface area (TPSA) is 75.7 Å². The highest BCUT2D eigenvalue weighted by Gasteiger charge is 2.42. The van der Waals surface area contributed by atoms with Gasteiger partial charge in [0, 0.05) is 64.5 Å². The number of carbonyl (C=O) groups excluding carboxylic acids is 1. The van der Waals surface area contributed by atoms with Crippen LogP contribution in [0.4, 0.5) is 0 Å². The van der Waals surface area contributed by atoms with Gasteiger partial charge in [-0.3, -0.25) is 14.6 Å². The zero-order valence-electron chi connectivity index (χ0n) is 15.8. The Morgan fingerprint density at radius 3 is 2.77 bits per heavy atom. The minimum atomic E-state index is 0.00492. The van der Waals surface area contributed by atoms with Crippen molar-refractivity contribution in [2.24, 2.45) is 7.05 Å². The monoisotopic (exact) mass is 359 g/mol. The summed E-state index contributed by atoms with van der Waals surface area (Å²) < 4.78 is 1.87. The molecule has 26 heavy (non-hydrogen) atoms. The number of aliphatic hydroxyl groups excluding tert-OH is 1. The van der Waals surface area contributed by atoms with Crippen LogP contribution in [0.3, 0.4) is 0 Å². The van der Waals surface area contributed by atoms with E-state index in [0.29, 0.717) is 25.2 Å². The van der Waals surface area contributed by atoms with Crippen molar-refractivity contribution >= 4 is 5.91 Å². The molecule has 7 nitrogen and oxygen atoms in total. The summed E-state index contributed by atoms with van der Waals surface area (Å²) in [6.07, 6.45) is 4.37. The molecule has 7 heteroatoms. The van der Waals surface area contributed by atoms with Crippen LogP contribution >= 0.6 is 0 Å². The predicted molar refractivity (Wildman–Crippen MR) is 98.3 cm³/mol. The average molecular weight is 359 g/mol. The van der Waals surface area contributed by atoms with E-state index in [1.807, 2.05) is 23.9 Å². The van der Waals surface area contributed by atoms with E-state index in [1.54, 1.807) is 4.90 Å². The number of aliphatic hydroxyl groups is 1. The fraction of sp³-hybridized carbons (Fsp3) is 0.684. The number of aryl methyl sites for hydroxylation is 1. The number of nitrogens with zero attached hydrogens (tertiary/aromatic N) is 5. The molecule has 1 N–H and O–H groups in total. The molecular formula is C19H29N5O2. The third-order valence-electron chi connectivity index (χ3n) is 6.04. The van der Waals surface area contributed by atoms with E-state index in [-0.39, 0.29) is 18.1 Å². The molecule has 1 spiro atoms. The average Bonchev–Trinajstić information content (AvgIpc) is 2.90. The number of hydrogen-bond acceptors (Lipinski definition) is 5. The van der Waals surface area contributed by atoms with Gasteiger partial charge in [-0.1, -0.05) is 0 Å². The lowest BCUT2D eigenvalue weighted by molar-refractivity contribution is -0.131. The van der Waals surface area contributed by atoms with Crippen LogP contribution in [0, 0.1) is 11.3 Å². The summed E-state index contributed by atoms with van der Waals surface area (Å²) in [5.41, 5.74) is 1.85. The van der Waals surface area contributed by atoms with E-state index in [2.05, 4.69) is 22.9 Å². The summed E-state index contributed by atoms with van der Waals surface area (Å²) in [4.78, 5) is 19.0. The van der Waals surface area contributed by atoms with Gasteiger partial charge < -0.3 is 14.6 Å². The zero-order valence-corrected chi connectivity index (χ0v) is 15.8. The van der Waals surface area contributed by atoms with Gasteiger partial charge in [0.05, 0.1) is 6.61 Å². The van der Waals surface area contributed by atoms with Gasteiger partial charge in [0.25, 0.3) is 0 Å². The first-order valence-corrected chi connectivity index (χ1v) is 9.35. The molecule has 0 aliphatic carbocycles. The number of likely N-dealkylation sites (N-methyl/N-ethyl adjacent to an activating group) is 1. The molecule has 2 saturated heterocycles. The van der Waals surface area contributed by atoms with Crippen LogP contribution in [0.25, 0.3) is 0 Å². The van der Waals surface area contributed by atoms with E-state index in [4.69, 9.17) is 5.26 Å². The van der Waals surface area contributed by atoms with Gasteiger partial charge in [-0.15, -0.1) is 0 Å². The summed E-state index contributed by atoms with van der Waals surface area (Å²) >= 11 is 0. The van der Waals surface area contributed by atoms with Crippen LogP contribution in [0.2, 0.25) is 0 Å². The summed E-state index contributed by atoms with van der Waals surface area (Å²) in [6.45, 7) is 4.90. The van der Waals surface area contributed by atoms with E-state index in [9.17, 15) is 9.90 Å². The minimum absolute atomic E-state index is 0.00492. The van der Waals surface area contributed by atoms with E-state index in [1.165, 1.54) is 0 Å². The van der Waals surface area contributed by atoms with Gasteiger partial charge in [0.15, 0.2) is 0 Å². The predicted octanol–water partition coefficient (Wildman–Crippen LogP) is 0.388. The van der Waals surface area contributed by atoms with Crippen molar-refractivity contribution in [3.05, 3.63) is 23.5 Å². The Labute approximate surface area is 155 Å². The first-order valence-electron chi connectivity index (χ1n) is 9.35. The molecule has 0 bridgehead atoms. The van der Waals surface area contributed by atoms with Crippen molar-refractivity contribution in [2.75, 3.05) is 46.4 Å². The van der Waals surface area contributed by atoms with Gasteiger partial charge in [-0.2, -0.15) is 5.26 Å². The van der Waals surface area contributed by atoms with Crippen molar-refractivity contribution in [2.45, 2.75) is 31.3 Å². The lowest BCUT2D eigenvalue weighted by Crippen LogP contribution is -2.60. The van der Waals surface area contributed by atoms with Crippen molar-refractivity contribution in [3.8, 4) is 6.07 Å². The summed E-state index contributed by atoms with van der Waals surface area (Å²) in [5, 5.41) is 18.3. The molecule has 1 aromatic rings. The van der Waals surface area contributed by atoms with Gasteiger partial charge >= 0.3 is 0 Å². The minimum Gasteiger partial charge on any atom is -0.395 e. The Hall–Kier alpha value is -1.88. The Kier molecular flexibility index (Phi) is 5.66. The molecular weight excluding hydrogens is 330 g/mol. The highest BCUT2D eigenvalue weighted by atomic mass is 16.3.